The highest BCUT2D eigenvalue weighted by atomic mass is 19.1. The van der Waals surface area contributed by atoms with Crippen molar-refractivity contribution in [2.75, 3.05) is 11.9 Å². The average molecular weight is 341 g/mol. The van der Waals surface area contributed by atoms with Gasteiger partial charge in [-0.2, -0.15) is 0 Å². The van der Waals surface area contributed by atoms with Gasteiger partial charge in [0.05, 0.1) is 6.26 Å². The van der Waals surface area contributed by atoms with Gasteiger partial charge in [0.2, 0.25) is 0 Å². The third-order valence-electron chi connectivity index (χ3n) is 3.53. The van der Waals surface area contributed by atoms with E-state index in [2.05, 4.69) is 5.32 Å². The second-order valence-electron chi connectivity index (χ2n) is 5.30. The van der Waals surface area contributed by atoms with Crippen LogP contribution < -0.4 is 10.1 Å². The Bertz CT molecular complexity index is 831. The predicted molar refractivity (Wildman–Crippen MR) is 90.0 cm³/mol. The average Bonchev–Trinajstić information content (AvgIpc) is 3.16. The Balaban J connectivity index is 1.56. The molecular weight excluding hydrogens is 325 g/mol. The van der Waals surface area contributed by atoms with Gasteiger partial charge >= 0.3 is 0 Å². The summed E-state index contributed by atoms with van der Waals surface area (Å²) in [7, 11) is 0. The topological polar surface area (TPSA) is 71.7 Å². The molecule has 2 N–H and O–H groups in total. The summed E-state index contributed by atoms with van der Waals surface area (Å²) in [6, 6.07) is 15.8. The van der Waals surface area contributed by atoms with E-state index in [4.69, 9.17) is 9.15 Å². The number of anilines is 1. The molecule has 0 bridgehead atoms. The second kappa shape index (κ2) is 7.63. The van der Waals surface area contributed by atoms with Crippen molar-refractivity contribution in [3.05, 3.63) is 84.1 Å². The van der Waals surface area contributed by atoms with Crippen LogP contribution in [-0.4, -0.2) is 17.6 Å². The van der Waals surface area contributed by atoms with E-state index in [9.17, 15) is 14.3 Å². The van der Waals surface area contributed by atoms with E-state index in [1.54, 1.807) is 48.5 Å². The first-order valence-corrected chi connectivity index (χ1v) is 7.63. The lowest BCUT2D eigenvalue weighted by Crippen LogP contribution is -2.12. The van der Waals surface area contributed by atoms with E-state index in [1.165, 1.54) is 18.4 Å². The molecule has 0 radical (unpaired) electrons. The van der Waals surface area contributed by atoms with Gasteiger partial charge in [0, 0.05) is 11.3 Å². The highest BCUT2D eigenvalue weighted by Crippen LogP contribution is 2.20. The molecule has 6 heteroatoms. The van der Waals surface area contributed by atoms with Crippen LogP contribution in [0.1, 0.15) is 22.2 Å². The first-order chi connectivity index (χ1) is 12.1. The van der Waals surface area contributed by atoms with Crippen LogP contribution in [0.15, 0.2) is 71.3 Å². The number of furan rings is 1. The van der Waals surface area contributed by atoms with Crippen LogP contribution in [0.4, 0.5) is 10.1 Å². The zero-order valence-electron chi connectivity index (χ0n) is 13.2. The van der Waals surface area contributed by atoms with Crippen LogP contribution in [0, 0.1) is 5.82 Å². The molecule has 0 spiro atoms. The van der Waals surface area contributed by atoms with Gasteiger partial charge in [0.1, 0.15) is 24.3 Å². The third kappa shape index (κ3) is 4.24. The largest absolute Gasteiger partial charge is 0.491 e. The standard InChI is InChI=1S/C19H16FNO4/c20-16-5-2-1-4-15(16)17(22)12-25-14-9-7-13(8-10-14)21-19(23)18-6-3-11-24-18/h1-11,17,22H,12H2,(H,21,23). The van der Waals surface area contributed by atoms with Crippen LogP contribution >= 0.6 is 0 Å². The molecule has 128 valence electrons. The fourth-order valence-electron chi connectivity index (χ4n) is 2.25. The van der Waals surface area contributed by atoms with Crippen molar-refractivity contribution >= 4 is 11.6 Å². The van der Waals surface area contributed by atoms with Gasteiger partial charge in [-0.15, -0.1) is 0 Å². The van der Waals surface area contributed by atoms with Crippen LogP contribution in [0.5, 0.6) is 5.75 Å². The molecule has 3 aromatic rings. The van der Waals surface area contributed by atoms with E-state index in [0.29, 0.717) is 11.4 Å². The molecule has 0 saturated heterocycles. The number of rotatable bonds is 6. The number of carbonyl (C=O) groups excluding carboxylic acids is 1. The number of ether oxygens (including phenoxy) is 1. The van der Waals surface area contributed by atoms with Crippen LogP contribution in [0.3, 0.4) is 0 Å². The molecule has 1 aromatic heterocycles. The van der Waals surface area contributed by atoms with Gasteiger partial charge in [-0.3, -0.25) is 4.79 Å². The van der Waals surface area contributed by atoms with Crippen molar-refractivity contribution in [1.29, 1.82) is 0 Å². The normalized spacial score (nSPS) is 11.8. The molecule has 25 heavy (non-hydrogen) atoms. The van der Waals surface area contributed by atoms with Gasteiger partial charge in [-0.25, -0.2) is 4.39 Å². The highest BCUT2D eigenvalue weighted by Gasteiger charge is 2.13. The summed E-state index contributed by atoms with van der Waals surface area (Å²) < 4.78 is 24.1. The SMILES string of the molecule is O=C(Nc1ccc(OCC(O)c2ccccc2F)cc1)c1ccco1. The summed E-state index contributed by atoms with van der Waals surface area (Å²) in [4.78, 5) is 11.9. The molecule has 0 saturated carbocycles. The molecule has 1 atom stereocenters. The zero-order chi connectivity index (χ0) is 17.6. The molecule has 1 amide bonds. The first-order valence-electron chi connectivity index (χ1n) is 7.63. The van der Waals surface area contributed by atoms with Crippen molar-refractivity contribution in [2.24, 2.45) is 0 Å². The number of carbonyl (C=O) groups is 1. The molecule has 1 heterocycles. The molecule has 5 nitrogen and oxygen atoms in total. The Morgan fingerprint density at radius 2 is 1.88 bits per heavy atom. The number of halogens is 1. The minimum absolute atomic E-state index is 0.0843. The van der Waals surface area contributed by atoms with E-state index >= 15 is 0 Å². The smallest absolute Gasteiger partial charge is 0.291 e. The van der Waals surface area contributed by atoms with Crippen LogP contribution in [0.2, 0.25) is 0 Å². The summed E-state index contributed by atoms with van der Waals surface area (Å²) in [5, 5.41) is 12.7. The van der Waals surface area contributed by atoms with Gasteiger partial charge in [-0.1, -0.05) is 18.2 Å². The summed E-state index contributed by atoms with van der Waals surface area (Å²) in [6.07, 6.45) is 0.353. The number of aliphatic hydroxyl groups excluding tert-OH is 1. The molecular formula is C19H16FNO4. The van der Waals surface area contributed by atoms with Gasteiger partial charge in [-0.05, 0) is 42.5 Å². The summed E-state index contributed by atoms with van der Waals surface area (Å²) in [5.41, 5.74) is 0.758. The lowest BCUT2D eigenvalue weighted by Gasteiger charge is -2.13. The Hall–Kier alpha value is -3.12. The van der Waals surface area contributed by atoms with Crippen molar-refractivity contribution in [1.82, 2.24) is 0 Å². The number of benzene rings is 2. The van der Waals surface area contributed by atoms with Gasteiger partial charge in [0.15, 0.2) is 5.76 Å². The summed E-state index contributed by atoms with van der Waals surface area (Å²) in [6.45, 7) is -0.0843. The lowest BCUT2D eigenvalue weighted by molar-refractivity contribution is 0.0996. The Morgan fingerprint density at radius 1 is 1.12 bits per heavy atom. The van der Waals surface area contributed by atoms with Crippen molar-refractivity contribution in [3.8, 4) is 5.75 Å². The molecule has 1 unspecified atom stereocenters. The van der Waals surface area contributed by atoms with Crippen molar-refractivity contribution in [3.63, 3.8) is 0 Å². The second-order valence-corrected chi connectivity index (χ2v) is 5.30. The summed E-state index contributed by atoms with van der Waals surface area (Å²) >= 11 is 0. The number of hydrogen-bond acceptors (Lipinski definition) is 4. The first kappa shape index (κ1) is 16.7. The molecule has 3 rings (SSSR count). The summed E-state index contributed by atoms with van der Waals surface area (Å²) in [5.74, 6) is -0.122. The quantitative estimate of drug-likeness (QED) is 0.716. The molecule has 0 aliphatic carbocycles. The maximum absolute atomic E-state index is 13.6. The van der Waals surface area contributed by atoms with Crippen molar-refractivity contribution in [2.45, 2.75) is 6.10 Å². The monoisotopic (exact) mass is 341 g/mol. The van der Waals surface area contributed by atoms with E-state index in [-0.39, 0.29) is 23.8 Å². The minimum atomic E-state index is -1.07. The fraction of sp³-hybridized carbons (Fsp3) is 0.105. The predicted octanol–water partition coefficient (Wildman–Crippen LogP) is 3.78. The Labute approximate surface area is 143 Å². The minimum Gasteiger partial charge on any atom is -0.491 e. The molecule has 0 fully saturated rings. The molecule has 0 aliphatic heterocycles. The number of aliphatic hydroxyl groups is 1. The Morgan fingerprint density at radius 3 is 2.56 bits per heavy atom. The van der Waals surface area contributed by atoms with Crippen LogP contribution in [0.25, 0.3) is 0 Å². The lowest BCUT2D eigenvalue weighted by atomic mass is 10.1. The molecule has 2 aromatic carbocycles. The number of amides is 1. The van der Waals surface area contributed by atoms with Gasteiger partial charge in [0.25, 0.3) is 5.91 Å². The van der Waals surface area contributed by atoms with E-state index in [1.807, 2.05) is 0 Å². The van der Waals surface area contributed by atoms with E-state index in [0.717, 1.165) is 0 Å². The maximum atomic E-state index is 13.6. The van der Waals surface area contributed by atoms with E-state index < -0.39 is 11.9 Å². The fourth-order valence-corrected chi connectivity index (χ4v) is 2.25. The number of nitrogens with one attached hydrogen (secondary N) is 1. The zero-order valence-corrected chi connectivity index (χ0v) is 13.2. The Kier molecular flexibility index (Phi) is 5.11. The number of hydrogen-bond donors (Lipinski definition) is 2. The van der Waals surface area contributed by atoms with Crippen LogP contribution in [-0.2, 0) is 0 Å². The van der Waals surface area contributed by atoms with Crippen molar-refractivity contribution < 1.29 is 23.4 Å². The maximum Gasteiger partial charge on any atom is 0.291 e. The third-order valence-corrected chi connectivity index (χ3v) is 3.53. The molecule has 0 aliphatic rings. The highest BCUT2D eigenvalue weighted by molar-refractivity contribution is 6.02. The van der Waals surface area contributed by atoms with Gasteiger partial charge < -0.3 is 19.6 Å².